The summed E-state index contributed by atoms with van der Waals surface area (Å²) >= 11 is 0. The summed E-state index contributed by atoms with van der Waals surface area (Å²) in [4.78, 5) is 20.6. The first-order valence-electron chi connectivity index (χ1n) is 8.70. The van der Waals surface area contributed by atoms with Crippen molar-refractivity contribution >= 4 is 12.1 Å². The van der Waals surface area contributed by atoms with Gasteiger partial charge in [-0.05, 0) is 53.9 Å². The number of carbonyl (C=O) groups is 1. The van der Waals surface area contributed by atoms with Crippen LogP contribution in [0.3, 0.4) is 0 Å². The molecule has 1 rings (SSSR count). The van der Waals surface area contributed by atoms with E-state index in [1.165, 1.54) is 12.8 Å². The van der Waals surface area contributed by atoms with Crippen molar-refractivity contribution < 1.29 is 9.53 Å². The van der Waals surface area contributed by atoms with Gasteiger partial charge in [-0.3, -0.25) is 4.99 Å². The van der Waals surface area contributed by atoms with Crippen LogP contribution in [0.1, 0.15) is 53.9 Å². The lowest BCUT2D eigenvalue weighted by Crippen LogP contribution is -2.43. The number of nitrogens with one attached hydrogen (secondary N) is 1. The normalized spacial score (nSPS) is 16.0. The first kappa shape index (κ1) is 19.6. The standard InChI is InChI=1S/C17H34N4O2/c1-14(2)21(16(22)23-17(3,4)5)13-9-10-19-15(18-6)20-11-7-8-12-20/h14H,7-13H2,1-6H3,(H,18,19). The Kier molecular flexibility index (Phi) is 7.65. The van der Waals surface area contributed by atoms with Crippen LogP contribution in [0.15, 0.2) is 4.99 Å². The molecule has 1 heterocycles. The number of hydrogen-bond donors (Lipinski definition) is 1. The van der Waals surface area contributed by atoms with Gasteiger partial charge in [-0.1, -0.05) is 0 Å². The van der Waals surface area contributed by atoms with Crippen LogP contribution in [0.5, 0.6) is 0 Å². The van der Waals surface area contributed by atoms with Crippen LogP contribution >= 0.6 is 0 Å². The van der Waals surface area contributed by atoms with E-state index in [2.05, 4.69) is 15.2 Å². The Morgan fingerprint density at radius 2 is 1.91 bits per heavy atom. The highest BCUT2D eigenvalue weighted by atomic mass is 16.6. The molecule has 0 unspecified atom stereocenters. The second-order valence-electron chi connectivity index (χ2n) is 7.29. The third-order valence-electron chi connectivity index (χ3n) is 3.73. The maximum atomic E-state index is 12.2. The Balaban J connectivity index is 2.39. The van der Waals surface area contributed by atoms with E-state index in [1.54, 1.807) is 4.90 Å². The summed E-state index contributed by atoms with van der Waals surface area (Å²) in [7, 11) is 1.82. The lowest BCUT2D eigenvalue weighted by Gasteiger charge is -2.30. The largest absolute Gasteiger partial charge is 0.444 e. The summed E-state index contributed by atoms with van der Waals surface area (Å²) in [5, 5.41) is 3.39. The van der Waals surface area contributed by atoms with Gasteiger partial charge in [-0.2, -0.15) is 0 Å². The lowest BCUT2D eigenvalue weighted by molar-refractivity contribution is 0.0190. The van der Waals surface area contributed by atoms with Gasteiger partial charge in [-0.15, -0.1) is 0 Å². The molecular weight excluding hydrogens is 292 g/mol. The van der Waals surface area contributed by atoms with Gasteiger partial charge < -0.3 is 19.9 Å². The average molecular weight is 326 g/mol. The summed E-state index contributed by atoms with van der Waals surface area (Å²) in [5.74, 6) is 0.968. The molecule has 0 atom stereocenters. The number of rotatable bonds is 5. The highest BCUT2D eigenvalue weighted by Crippen LogP contribution is 2.12. The summed E-state index contributed by atoms with van der Waals surface area (Å²) in [6, 6.07) is 0.128. The molecule has 0 spiro atoms. The summed E-state index contributed by atoms with van der Waals surface area (Å²) in [6.45, 7) is 13.3. The summed E-state index contributed by atoms with van der Waals surface area (Å²) in [6.07, 6.45) is 3.10. The molecule has 0 aliphatic carbocycles. The smallest absolute Gasteiger partial charge is 0.410 e. The van der Waals surface area contributed by atoms with Crippen molar-refractivity contribution in [2.75, 3.05) is 33.2 Å². The number of amides is 1. The zero-order chi connectivity index (χ0) is 17.5. The average Bonchev–Trinajstić information content (AvgIpc) is 2.94. The van der Waals surface area contributed by atoms with E-state index in [-0.39, 0.29) is 12.1 Å². The Bertz CT molecular complexity index is 396. The molecule has 23 heavy (non-hydrogen) atoms. The second kappa shape index (κ2) is 8.99. The molecule has 1 fully saturated rings. The number of nitrogens with zero attached hydrogens (tertiary/aromatic N) is 3. The second-order valence-corrected chi connectivity index (χ2v) is 7.29. The number of ether oxygens (including phenoxy) is 1. The van der Waals surface area contributed by atoms with E-state index >= 15 is 0 Å². The predicted molar refractivity (Wildman–Crippen MR) is 94.9 cm³/mol. The molecule has 0 aromatic carbocycles. The molecule has 6 nitrogen and oxygen atoms in total. The van der Waals surface area contributed by atoms with Gasteiger partial charge in [-0.25, -0.2) is 4.79 Å². The molecule has 1 aliphatic rings. The minimum Gasteiger partial charge on any atom is -0.444 e. The molecule has 134 valence electrons. The fraction of sp³-hybridized carbons (Fsp3) is 0.882. The van der Waals surface area contributed by atoms with Crippen LogP contribution in [0.25, 0.3) is 0 Å². The minimum absolute atomic E-state index is 0.128. The number of guanidine groups is 1. The van der Waals surface area contributed by atoms with Crippen molar-refractivity contribution in [2.24, 2.45) is 4.99 Å². The molecule has 0 aromatic rings. The van der Waals surface area contributed by atoms with Gasteiger partial charge >= 0.3 is 6.09 Å². The molecule has 0 aromatic heterocycles. The molecular formula is C17H34N4O2. The minimum atomic E-state index is -0.458. The third-order valence-corrected chi connectivity index (χ3v) is 3.73. The lowest BCUT2D eigenvalue weighted by atomic mass is 10.2. The molecule has 0 bridgehead atoms. The van der Waals surface area contributed by atoms with Crippen molar-refractivity contribution in [3.05, 3.63) is 0 Å². The maximum Gasteiger partial charge on any atom is 0.410 e. The fourth-order valence-corrected chi connectivity index (χ4v) is 2.59. The van der Waals surface area contributed by atoms with E-state index in [9.17, 15) is 4.79 Å². The van der Waals surface area contributed by atoms with Crippen LogP contribution in [0.2, 0.25) is 0 Å². The molecule has 1 amide bonds. The highest BCUT2D eigenvalue weighted by molar-refractivity contribution is 5.80. The van der Waals surface area contributed by atoms with Gasteiger partial charge in [0.25, 0.3) is 0 Å². The highest BCUT2D eigenvalue weighted by Gasteiger charge is 2.23. The topological polar surface area (TPSA) is 57.2 Å². The quantitative estimate of drug-likeness (QED) is 0.479. The Hall–Kier alpha value is -1.46. The molecule has 6 heteroatoms. The zero-order valence-corrected chi connectivity index (χ0v) is 15.7. The Labute approximate surface area is 141 Å². The van der Waals surface area contributed by atoms with Crippen molar-refractivity contribution in [1.29, 1.82) is 0 Å². The molecule has 0 saturated carbocycles. The zero-order valence-electron chi connectivity index (χ0n) is 15.7. The molecule has 1 saturated heterocycles. The molecule has 0 radical (unpaired) electrons. The van der Waals surface area contributed by atoms with Gasteiger partial charge in [0, 0.05) is 39.3 Å². The van der Waals surface area contributed by atoms with E-state index in [0.717, 1.165) is 32.0 Å². The van der Waals surface area contributed by atoms with Crippen LogP contribution in [0.4, 0.5) is 4.79 Å². The fourth-order valence-electron chi connectivity index (χ4n) is 2.59. The Morgan fingerprint density at radius 3 is 2.39 bits per heavy atom. The van der Waals surface area contributed by atoms with Crippen LogP contribution in [0, 0.1) is 0 Å². The third kappa shape index (κ3) is 7.10. The first-order chi connectivity index (χ1) is 10.7. The van der Waals surface area contributed by atoms with E-state index in [4.69, 9.17) is 4.74 Å². The van der Waals surface area contributed by atoms with E-state index in [0.29, 0.717) is 6.54 Å². The van der Waals surface area contributed by atoms with Gasteiger partial charge in [0.05, 0.1) is 0 Å². The van der Waals surface area contributed by atoms with Gasteiger partial charge in [0.1, 0.15) is 5.60 Å². The van der Waals surface area contributed by atoms with Crippen LogP contribution < -0.4 is 5.32 Å². The first-order valence-corrected chi connectivity index (χ1v) is 8.70. The number of aliphatic imine (C=N–C) groups is 1. The SMILES string of the molecule is CN=C(NCCCN(C(=O)OC(C)(C)C)C(C)C)N1CCCC1. The van der Waals surface area contributed by atoms with Crippen molar-refractivity contribution in [3.63, 3.8) is 0 Å². The van der Waals surface area contributed by atoms with E-state index < -0.39 is 5.60 Å². The predicted octanol–water partition coefficient (Wildman–Crippen LogP) is 2.69. The van der Waals surface area contributed by atoms with Gasteiger partial charge in [0.15, 0.2) is 5.96 Å². The maximum absolute atomic E-state index is 12.2. The monoisotopic (exact) mass is 326 g/mol. The van der Waals surface area contributed by atoms with Crippen LogP contribution in [-0.4, -0.2) is 66.7 Å². The molecule has 1 aliphatic heterocycles. The van der Waals surface area contributed by atoms with Crippen molar-refractivity contribution in [3.8, 4) is 0 Å². The van der Waals surface area contributed by atoms with Crippen LogP contribution in [-0.2, 0) is 4.74 Å². The number of carbonyl (C=O) groups excluding carboxylic acids is 1. The molecule has 1 N–H and O–H groups in total. The van der Waals surface area contributed by atoms with Crippen molar-refractivity contribution in [2.45, 2.75) is 65.5 Å². The number of hydrogen-bond acceptors (Lipinski definition) is 3. The summed E-state index contributed by atoms with van der Waals surface area (Å²) in [5.41, 5.74) is -0.458. The number of likely N-dealkylation sites (tertiary alicyclic amines) is 1. The van der Waals surface area contributed by atoms with Gasteiger partial charge in [0.2, 0.25) is 0 Å². The van der Waals surface area contributed by atoms with Crippen molar-refractivity contribution in [1.82, 2.24) is 15.1 Å². The Morgan fingerprint density at radius 1 is 1.30 bits per heavy atom. The van der Waals surface area contributed by atoms with E-state index in [1.807, 2.05) is 41.7 Å². The summed E-state index contributed by atoms with van der Waals surface area (Å²) < 4.78 is 5.48.